The Hall–Kier alpha value is -3.84. The first-order valence-electron chi connectivity index (χ1n) is 9.82. The van der Waals surface area contributed by atoms with E-state index in [-0.39, 0.29) is 30.6 Å². The number of nitrogens with one attached hydrogen (secondary N) is 1. The summed E-state index contributed by atoms with van der Waals surface area (Å²) in [5, 5.41) is 3.80. The Morgan fingerprint density at radius 3 is 2.23 bits per heavy atom. The number of fused-ring (bicyclic) bond motifs is 1. The standard InChI is InChI=1S/C24H17N3O3S/c28-21-13-14-22(29)27(21)18-11-7-15(8-12-18)23(30)25-17-9-5-16(6-10-17)24-26-19-3-1-2-4-20(19)31-24/h1-12H,13-14H2,(H,25,30). The number of carbonyl (C=O) groups excluding carboxylic acids is 3. The van der Waals surface area contributed by atoms with Gasteiger partial charge < -0.3 is 5.32 Å². The molecule has 31 heavy (non-hydrogen) atoms. The maximum atomic E-state index is 12.6. The van der Waals surface area contributed by atoms with Gasteiger partial charge in [0.05, 0.1) is 15.9 Å². The first-order valence-corrected chi connectivity index (χ1v) is 10.6. The van der Waals surface area contributed by atoms with Crippen LogP contribution in [0, 0.1) is 0 Å². The molecule has 0 saturated carbocycles. The van der Waals surface area contributed by atoms with E-state index < -0.39 is 0 Å². The van der Waals surface area contributed by atoms with Gasteiger partial charge in [0.2, 0.25) is 11.8 Å². The molecular weight excluding hydrogens is 410 g/mol. The fourth-order valence-electron chi connectivity index (χ4n) is 3.52. The summed E-state index contributed by atoms with van der Waals surface area (Å²) in [4.78, 5) is 42.1. The molecule has 0 aliphatic carbocycles. The number of thiazole rings is 1. The average Bonchev–Trinajstić information content (AvgIpc) is 3.37. The zero-order valence-corrected chi connectivity index (χ0v) is 17.2. The van der Waals surface area contributed by atoms with Crippen molar-refractivity contribution in [1.82, 2.24) is 4.98 Å². The Morgan fingerprint density at radius 1 is 0.871 bits per heavy atom. The molecule has 0 bridgehead atoms. The van der Waals surface area contributed by atoms with Gasteiger partial charge in [-0.1, -0.05) is 12.1 Å². The minimum Gasteiger partial charge on any atom is -0.322 e. The Morgan fingerprint density at radius 2 is 1.55 bits per heavy atom. The van der Waals surface area contributed by atoms with Gasteiger partial charge in [0.15, 0.2) is 0 Å². The van der Waals surface area contributed by atoms with Gasteiger partial charge in [-0.15, -0.1) is 11.3 Å². The number of anilines is 2. The number of rotatable bonds is 4. The molecule has 2 heterocycles. The van der Waals surface area contributed by atoms with Gasteiger partial charge in [-0.25, -0.2) is 4.98 Å². The lowest BCUT2D eigenvalue weighted by atomic mass is 10.1. The molecule has 0 unspecified atom stereocenters. The zero-order chi connectivity index (χ0) is 21.4. The highest BCUT2D eigenvalue weighted by Gasteiger charge is 2.30. The molecule has 0 radical (unpaired) electrons. The number of imide groups is 1. The normalized spacial score (nSPS) is 13.7. The van der Waals surface area contributed by atoms with Crippen LogP contribution in [0.25, 0.3) is 20.8 Å². The van der Waals surface area contributed by atoms with Gasteiger partial charge >= 0.3 is 0 Å². The van der Waals surface area contributed by atoms with E-state index in [1.807, 2.05) is 48.5 Å². The van der Waals surface area contributed by atoms with Gasteiger partial charge in [0, 0.05) is 29.7 Å². The highest BCUT2D eigenvalue weighted by Crippen LogP contribution is 2.30. The highest BCUT2D eigenvalue weighted by molar-refractivity contribution is 7.21. The van der Waals surface area contributed by atoms with Crippen molar-refractivity contribution < 1.29 is 14.4 Å². The predicted molar refractivity (Wildman–Crippen MR) is 121 cm³/mol. The second kappa shape index (κ2) is 7.77. The molecule has 7 heteroatoms. The Balaban J connectivity index is 1.29. The Bertz CT molecular complexity index is 1260. The van der Waals surface area contributed by atoms with Crippen LogP contribution >= 0.6 is 11.3 Å². The first kappa shape index (κ1) is 19.1. The summed E-state index contributed by atoms with van der Waals surface area (Å²) < 4.78 is 1.13. The lowest BCUT2D eigenvalue weighted by molar-refractivity contribution is -0.121. The summed E-state index contributed by atoms with van der Waals surface area (Å²) in [5.74, 6) is -0.691. The van der Waals surface area contributed by atoms with Crippen molar-refractivity contribution in [1.29, 1.82) is 0 Å². The first-order chi connectivity index (χ1) is 15.1. The summed E-state index contributed by atoms with van der Waals surface area (Å²) in [5.41, 5.74) is 3.57. The van der Waals surface area contributed by atoms with Crippen molar-refractivity contribution in [2.45, 2.75) is 12.8 Å². The maximum absolute atomic E-state index is 12.6. The van der Waals surface area contributed by atoms with Crippen molar-refractivity contribution in [2.24, 2.45) is 0 Å². The number of para-hydroxylation sites is 1. The number of nitrogens with zero attached hydrogens (tertiary/aromatic N) is 2. The van der Waals surface area contributed by atoms with E-state index in [0.29, 0.717) is 16.9 Å². The van der Waals surface area contributed by atoms with Gasteiger partial charge in [-0.2, -0.15) is 0 Å². The van der Waals surface area contributed by atoms with E-state index in [1.165, 1.54) is 4.90 Å². The van der Waals surface area contributed by atoms with Crippen LogP contribution in [-0.2, 0) is 9.59 Å². The monoisotopic (exact) mass is 427 g/mol. The van der Waals surface area contributed by atoms with Crippen LogP contribution in [0.3, 0.4) is 0 Å². The maximum Gasteiger partial charge on any atom is 0.255 e. The van der Waals surface area contributed by atoms with Crippen molar-refractivity contribution in [2.75, 3.05) is 10.2 Å². The lowest BCUT2D eigenvalue weighted by Gasteiger charge is -2.14. The van der Waals surface area contributed by atoms with Crippen LogP contribution in [0.5, 0.6) is 0 Å². The van der Waals surface area contributed by atoms with Crippen molar-refractivity contribution in [3.8, 4) is 10.6 Å². The molecule has 1 aliphatic heterocycles. The third-order valence-corrected chi connectivity index (χ3v) is 6.21. The van der Waals surface area contributed by atoms with E-state index in [4.69, 9.17) is 0 Å². The fraction of sp³-hybridized carbons (Fsp3) is 0.0833. The molecule has 4 aromatic rings. The lowest BCUT2D eigenvalue weighted by Crippen LogP contribution is -2.28. The summed E-state index contributed by atoms with van der Waals surface area (Å²) in [6.07, 6.45) is 0.460. The van der Waals surface area contributed by atoms with Crippen LogP contribution in [0.4, 0.5) is 11.4 Å². The largest absolute Gasteiger partial charge is 0.322 e. The fourth-order valence-corrected chi connectivity index (χ4v) is 4.49. The molecule has 3 aromatic carbocycles. The number of aromatic nitrogens is 1. The van der Waals surface area contributed by atoms with Crippen molar-refractivity contribution in [3.05, 3.63) is 78.4 Å². The summed E-state index contributed by atoms with van der Waals surface area (Å²) in [6, 6.07) is 22.0. The molecule has 1 fully saturated rings. The second-order valence-electron chi connectivity index (χ2n) is 7.19. The SMILES string of the molecule is O=C(Nc1ccc(-c2nc3ccccc3s2)cc1)c1ccc(N2C(=O)CCC2=O)cc1. The number of benzene rings is 3. The number of hydrogen-bond donors (Lipinski definition) is 1. The van der Waals surface area contributed by atoms with Crippen LogP contribution in [0.15, 0.2) is 72.8 Å². The summed E-state index contributed by atoms with van der Waals surface area (Å²) >= 11 is 1.63. The quantitative estimate of drug-likeness (QED) is 0.471. The zero-order valence-electron chi connectivity index (χ0n) is 16.4. The van der Waals surface area contributed by atoms with E-state index in [9.17, 15) is 14.4 Å². The topological polar surface area (TPSA) is 79.4 Å². The smallest absolute Gasteiger partial charge is 0.255 e. The molecule has 3 amide bonds. The predicted octanol–water partition coefficient (Wildman–Crippen LogP) is 4.87. The van der Waals surface area contributed by atoms with Crippen LogP contribution < -0.4 is 10.2 Å². The summed E-state index contributed by atoms with van der Waals surface area (Å²) in [6.45, 7) is 0. The van der Waals surface area contributed by atoms with Gasteiger partial charge in [0.25, 0.3) is 5.91 Å². The molecule has 6 nitrogen and oxygen atoms in total. The molecule has 1 N–H and O–H groups in total. The number of carbonyl (C=O) groups is 3. The molecule has 1 aliphatic rings. The molecule has 0 atom stereocenters. The van der Waals surface area contributed by atoms with Gasteiger partial charge in [-0.3, -0.25) is 19.3 Å². The van der Waals surface area contributed by atoms with E-state index in [1.54, 1.807) is 35.6 Å². The number of hydrogen-bond acceptors (Lipinski definition) is 5. The minimum atomic E-state index is -0.265. The Labute approximate surface area is 182 Å². The van der Waals surface area contributed by atoms with Crippen LogP contribution in [0.1, 0.15) is 23.2 Å². The van der Waals surface area contributed by atoms with E-state index in [0.717, 1.165) is 20.8 Å². The molecule has 152 valence electrons. The van der Waals surface area contributed by atoms with Gasteiger partial charge in [-0.05, 0) is 60.7 Å². The van der Waals surface area contributed by atoms with Crippen molar-refractivity contribution >= 4 is 50.6 Å². The average molecular weight is 427 g/mol. The third kappa shape index (κ3) is 3.71. The van der Waals surface area contributed by atoms with Crippen molar-refractivity contribution in [3.63, 3.8) is 0 Å². The molecule has 0 spiro atoms. The number of amides is 3. The second-order valence-corrected chi connectivity index (χ2v) is 8.22. The van der Waals surface area contributed by atoms with Crippen LogP contribution in [-0.4, -0.2) is 22.7 Å². The highest BCUT2D eigenvalue weighted by atomic mass is 32.1. The minimum absolute atomic E-state index is 0.213. The molecule has 1 aromatic heterocycles. The summed E-state index contributed by atoms with van der Waals surface area (Å²) in [7, 11) is 0. The third-order valence-electron chi connectivity index (χ3n) is 5.12. The molecule has 1 saturated heterocycles. The van der Waals surface area contributed by atoms with E-state index >= 15 is 0 Å². The molecule has 5 rings (SSSR count). The van der Waals surface area contributed by atoms with E-state index in [2.05, 4.69) is 10.3 Å². The molecular formula is C24H17N3O3S. The van der Waals surface area contributed by atoms with Gasteiger partial charge in [0.1, 0.15) is 5.01 Å². The Kier molecular flexibility index (Phi) is 4.80. The van der Waals surface area contributed by atoms with Crippen LogP contribution in [0.2, 0.25) is 0 Å².